The number of methoxy groups -OCH3 is 1. The van der Waals surface area contributed by atoms with Crippen molar-refractivity contribution in [2.75, 3.05) is 7.11 Å². The van der Waals surface area contributed by atoms with Gasteiger partial charge in [-0.1, -0.05) is 0 Å². The average Bonchev–Trinajstić information content (AvgIpc) is 2.15. The first kappa shape index (κ1) is 9.57. The van der Waals surface area contributed by atoms with Gasteiger partial charge in [-0.2, -0.15) is 4.39 Å². The molecule has 13 heavy (non-hydrogen) atoms. The number of hydrogen-bond donors (Lipinski definition) is 0. The van der Waals surface area contributed by atoms with Crippen LogP contribution in [0.2, 0.25) is 0 Å². The molecule has 0 aliphatic carbocycles. The molecule has 0 saturated carbocycles. The Hall–Kier alpha value is -1.52. The molecule has 0 radical (unpaired) electrons. The van der Waals surface area contributed by atoms with Crippen molar-refractivity contribution < 1.29 is 22.7 Å². The fourth-order valence-corrected chi connectivity index (χ4v) is 0.833. The Morgan fingerprint density at radius 1 is 1.23 bits per heavy atom. The number of benzene rings is 1. The predicted octanol–water partition coefficient (Wildman–Crippen LogP) is 1.93. The van der Waals surface area contributed by atoms with E-state index in [0.29, 0.717) is 0 Å². The van der Waals surface area contributed by atoms with Gasteiger partial charge in [-0.05, 0) is 6.07 Å². The molecule has 0 aromatic heterocycles. The van der Waals surface area contributed by atoms with E-state index in [2.05, 4.69) is 4.74 Å². The third kappa shape index (κ3) is 1.49. The number of halogens is 3. The van der Waals surface area contributed by atoms with Gasteiger partial charge in [0.25, 0.3) is 0 Å². The van der Waals surface area contributed by atoms with Crippen LogP contribution in [-0.2, 0) is 0 Å². The number of carbonyl (C=O) groups excluding carboxylic acids is 1. The van der Waals surface area contributed by atoms with Crippen molar-refractivity contribution in [3.63, 3.8) is 0 Å². The summed E-state index contributed by atoms with van der Waals surface area (Å²) in [6.07, 6.45) is 0.0837. The molecule has 0 saturated heterocycles. The van der Waals surface area contributed by atoms with Crippen LogP contribution in [0.3, 0.4) is 0 Å². The highest BCUT2D eigenvalue weighted by Crippen LogP contribution is 2.24. The number of aldehydes is 1. The molecule has 0 atom stereocenters. The highest BCUT2D eigenvalue weighted by molar-refractivity contribution is 5.76. The quantitative estimate of drug-likeness (QED) is 0.526. The molecule has 0 aliphatic heterocycles. The van der Waals surface area contributed by atoms with Crippen LogP contribution in [-0.4, -0.2) is 13.4 Å². The van der Waals surface area contributed by atoms with Gasteiger partial charge in [0, 0.05) is 0 Å². The minimum atomic E-state index is -1.71. The van der Waals surface area contributed by atoms with E-state index in [0.717, 1.165) is 13.2 Å². The molecule has 1 aromatic rings. The van der Waals surface area contributed by atoms with E-state index in [1.807, 2.05) is 0 Å². The summed E-state index contributed by atoms with van der Waals surface area (Å²) in [5.74, 6) is -5.15. The summed E-state index contributed by atoms with van der Waals surface area (Å²) in [6.45, 7) is 0. The first-order valence-corrected chi connectivity index (χ1v) is 3.28. The summed E-state index contributed by atoms with van der Waals surface area (Å²) < 4.78 is 42.4. The molecule has 0 spiro atoms. The molecule has 0 amide bonds. The monoisotopic (exact) mass is 190 g/mol. The van der Waals surface area contributed by atoms with E-state index in [1.54, 1.807) is 0 Å². The molecule has 70 valence electrons. The highest BCUT2D eigenvalue weighted by atomic mass is 19.2. The summed E-state index contributed by atoms with van der Waals surface area (Å²) in [5.41, 5.74) is -0.573. The molecule has 0 fully saturated rings. The maximum Gasteiger partial charge on any atom is 0.203 e. The van der Waals surface area contributed by atoms with Crippen molar-refractivity contribution in [2.24, 2.45) is 0 Å². The second-order valence-electron chi connectivity index (χ2n) is 2.23. The molecule has 1 rings (SSSR count). The van der Waals surface area contributed by atoms with E-state index in [1.165, 1.54) is 0 Å². The van der Waals surface area contributed by atoms with E-state index < -0.39 is 28.8 Å². The van der Waals surface area contributed by atoms with E-state index in [4.69, 9.17) is 0 Å². The average molecular weight is 190 g/mol. The Morgan fingerprint density at radius 2 is 1.85 bits per heavy atom. The molecular weight excluding hydrogens is 185 g/mol. The highest BCUT2D eigenvalue weighted by Gasteiger charge is 2.18. The Morgan fingerprint density at radius 3 is 2.31 bits per heavy atom. The summed E-state index contributed by atoms with van der Waals surface area (Å²) in [7, 11) is 1.09. The van der Waals surface area contributed by atoms with Crippen molar-refractivity contribution in [3.8, 4) is 5.75 Å². The third-order valence-electron chi connectivity index (χ3n) is 1.49. The fourth-order valence-electron chi connectivity index (χ4n) is 0.833. The summed E-state index contributed by atoms with van der Waals surface area (Å²) in [4.78, 5) is 10.2. The van der Waals surface area contributed by atoms with Crippen LogP contribution in [0.4, 0.5) is 13.2 Å². The molecule has 5 heteroatoms. The lowest BCUT2D eigenvalue weighted by atomic mass is 10.2. The molecule has 1 aromatic carbocycles. The minimum Gasteiger partial charge on any atom is -0.494 e. The number of ether oxygens (including phenoxy) is 1. The van der Waals surface area contributed by atoms with Gasteiger partial charge in [0.05, 0.1) is 12.7 Å². The smallest absolute Gasteiger partial charge is 0.203 e. The summed E-state index contributed by atoms with van der Waals surface area (Å²) >= 11 is 0. The van der Waals surface area contributed by atoms with Crippen molar-refractivity contribution >= 4 is 6.29 Å². The number of rotatable bonds is 2. The number of hydrogen-bond acceptors (Lipinski definition) is 2. The van der Waals surface area contributed by atoms with Crippen molar-refractivity contribution in [1.29, 1.82) is 0 Å². The van der Waals surface area contributed by atoms with Gasteiger partial charge in [0.1, 0.15) is 0 Å². The number of carbonyl (C=O) groups is 1. The first-order chi connectivity index (χ1) is 6.11. The lowest BCUT2D eigenvalue weighted by Crippen LogP contribution is -2.00. The fraction of sp³-hybridized carbons (Fsp3) is 0.125. The van der Waals surface area contributed by atoms with Crippen LogP contribution >= 0.6 is 0 Å². The minimum absolute atomic E-state index is 0.0837. The van der Waals surface area contributed by atoms with Crippen LogP contribution in [0.25, 0.3) is 0 Å². The zero-order valence-corrected chi connectivity index (χ0v) is 6.61. The van der Waals surface area contributed by atoms with Crippen LogP contribution < -0.4 is 4.74 Å². The topological polar surface area (TPSA) is 26.3 Å². The molecule has 2 nitrogen and oxygen atoms in total. The van der Waals surface area contributed by atoms with E-state index in [-0.39, 0.29) is 6.29 Å². The second-order valence-corrected chi connectivity index (χ2v) is 2.23. The van der Waals surface area contributed by atoms with Gasteiger partial charge in [-0.25, -0.2) is 8.78 Å². The van der Waals surface area contributed by atoms with E-state index in [9.17, 15) is 18.0 Å². The Balaban J connectivity index is 3.45. The normalized spacial score (nSPS) is 9.85. The van der Waals surface area contributed by atoms with E-state index >= 15 is 0 Å². The zero-order chi connectivity index (χ0) is 10.0. The van der Waals surface area contributed by atoms with Crippen molar-refractivity contribution in [2.45, 2.75) is 0 Å². The lowest BCUT2D eigenvalue weighted by Gasteiger charge is -2.04. The van der Waals surface area contributed by atoms with Gasteiger partial charge in [-0.3, -0.25) is 4.79 Å². The standard InChI is InChI=1S/C8H5F3O2/c1-13-5-2-4(3-12)6(9)8(11)7(5)10/h2-3H,1H3. The Kier molecular flexibility index (Phi) is 2.55. The summed E-state index contributed by atoms with van der Waals surface area (Å²) in [5, 5.41) is 0. The van der Waals surface area contributed by atoms with Crippen molar-refractivity contribution in [3.05, 3.63) is 29.1 Å². The largest absolute Gasteiger partial charge is 0.494 e. The second kappa shape index (κ2) is 3.47. The van der Waals surface area contributed by atoms with Gasteiger partial charge >= 0.3 is 0 Å². The molecule has 0 bridgehead atoms. The third-order valence-corrected chi connectivity index (χ3v) is 1.49. The maximum absolute atomic E-state index is 12.7. The van der Waals surface area contributed by atoms with Gasteiger partial charge in [0.15, 0.2) is 23.7 Å². The lowest BCUT2D eigenvalue weighted by molar-refractivity contribution is 0.111. The van der Waals surface area contributed by atoms with Crippen LogP contribution in [0.1, 0.15) is 10.4 Å². The van der Waals surface area contributed by atoms with Crippen molar-refractivity contribution in [1.82, 2.24) is 0 Å². The Labute approximate surface area is 71.9 Å². The Bertz CT molecular complexity index is 350. The maximum atomic E-state index is 12.7. The predicted molar refractivity (Wildman–Crippen MR) is 38.3 cm³/mol. The van der Waals surface area contributed by atoms with Gasteiger partial charge in [-0.15, -0.1) is 0 Å². The molecule has 0 aliphatic rings. The molecule has 0 N–H and O–H groups in total. The molecular formula is C8H5F3O2. The summed E-state index contributed by atoms with van der Waals surface area (Å²) in [6, 6.07) is 0.792. The van der Waals surface area contributed by atoms with Crippen LogP contribution in [0.5, 0.6) is 5.75 Å². The van der Waals surface area contributed by atoms with Gasteiger partial charge < -0.3 is 4.74 Å². The molecule has 0 unspecified atom stereocenters. The molecule has 0 heterocycles. The van der Waals surface area contributed by atoms with Crippen LogP contribution in [0, 0.1) is 17.5 Å². The van der Waals surface area contributed by atoms with Gasteiger partial charge in [0.2, 0.25) is 5.82 Å². The van der Waals surface area contributed by atoms with Crippen LogP contribution in [0.15, 0.2) is 6.07 Å². The first-order valence-electron chi connectivity index (χ1n) is 3.28. The SMILES string of the molecule is COc1cc(C=O)c(F)c(F)c1F. The zero-order valence-electron chi connectivity index (χ0n) is 6.61.